The van der Waals surface area contributed by atoms with Crippen molar-refractivity contribution in [1.82, 2.24) is 24.3 Å². The third kappa shape index (κ3) is 4.62. The lowest BCUT2D eigenvalue weighted by Gasteiger charge is -2.25. The first-order valence-electron chi connectivity index (χ1n) is 12.4. The van der Waals surface area contributed by atoms with Crippen molar-refractivity contribution in [3.8, 4) is 0 Å². The molecule has 1 aliphatic rings. The second kappa shape index (κ2) is 9.47. The molecule has 5 aromatic rings. The molecule has 0 amide bonds. The molecule has 1 aliphatic carbocycles. The van der Waals surface area contributed by atoms with Crippen LogP contribution in [0.4, 0.5) is 0 Å². The van der Waals surface area contributed by atoms with Gasteiger partial charge in [0.05, 0.1) is 17.6 Å². The highest BCUT2D eigenvalue weighted by molar-refractivity contribution is 5.84. The third-order valence-electron chi connectivity index (χ3n) is 7.09. The van der Waals surface area contributed by atoms with E-state index in [0.717, 1.165) is 47.7 Å². The van der Waals surface area contributed by atoms with Crippen LogP contribution in [0.25, 0.3) is 16.4 Å². The molecule has 0 saturated heterocycles. The van der Waals surface area contributed by atoms with Crippen molar-refractivity contribution in [2.75, 3.05) is 6.54 Å². The first-order valence-corrected chi connectivity index (χ1v) is 12.4. The van der Waals surface area contributed by atoms with E-state index in [9.17, 15) is 4.79 Å². The first-order chi connectivity index (χ1) is 17.2. The molecule has 6 nitrogen and oxygen atoms in total. The Kier molecular flexibility index (Phi) is 5.88. The Morgan fingerprint density at radius 3 is 2.66 bits per heavy atom. The number of pyridine rings is 3. The van der Waals surface area contributed by atoms with Crippen LogP contribution < -0.4 is 10.9 Å². The smallest absolute Gasteiger partial charge is 0.260 e. The zero-order valence-corrected chi connectivity index (χ0v) is 19.7. The monoisotopic (exact) mass is 463 g/mol. The maximum atomic E-state index is 13.3. The molecule has 0 radical (unpaired) electrons. The summed E-state index contributed by atoms with van der Waals surface area (Å²) in [7, 11) is 0. The van der Waals surface area contributed by atoms with Gasteiger partial charge >= 0.3 is 0 Å². The van der Waals surface area contributed by atoms with E-state index >= 15 is 0 Å². The Morgan fingerprint density at radius 2 is 1.83 bits per heavy atom. The molecule has 1 aromatic carbocycles. The fourth-order valence-corrected chi connectivity index (χ4v) is 4.95. The molecule has 0 unspecified atom stereocenters. The number of rotatable bonds is 8. The summed E-state index contributed by atoms with van der Waals surface area (Å²) < 4.78 is 3.83. The molecule has 0 atom stereocenters. The van der Waals surface area contributed by atoms with Crippen LogP contribution in [0.2, 0.25) is 0 Å². The van der Waals surface area contributed by atoms with Crippen LogP contribution in [0.5, 0.6) is 0 Å². The number of hydrogen-bond acceptors (Lipinski definition) is 4. The Bertz CT molecular complexity index is 1530. The van der Waals surface area contributed by atoms with Crippen molar-refractivity contribution >= 4 is 16.4 Å². The van der Waals surface area contributed by atoms with Crippen LogP contribution in [0.3, 0.4) is 0 Å². The lowest BCUT2D eigenvalue weighted by molar-refractivity contribution is 0.301. The molecule has 176 valence electrons. The van der Waals surface area contributed by atoms with Gasteiger partial charge in [0.15, 0.2) is 0 Å². The molecule has 1 fully saturated rings. The van der Waals surface area contributed by atoms with E-state index in [1.165, 1.54) is 30.4 Å². The molecular formula is C29H29N5O. The molecule has 4 heterocycles. The highest BCUT2D eigenvalue weighted by Gasteiger charge is 2.16. The maximum absolute atomic E-state index is 13.3. The van der Waals surface area contributed by atoms with Gasteiger partial charge in [-0.05, 0) is 65.9 Å². The Morgan fingerprint density at radius 1 is 0.943 bits per heavy atom. The standard InChI is InChI=1S/C29H29N5O/c35-29-27-16-30-12-11-26(27)24(13-21-5-2-1-3-6-21)18-34(29)20-25-19-33-17-23(9-10-28(33)32-25)15-31-14-22-7-4-8-22/h1-3,5-6,9-12,16-19,22,31H,4,7-8,13-15,20H2. The quantitative estimate of drug-likeness (QED) is 0.366. The fraction of sp³-hybridized carbons (Fsp3) is 0.276. The third-order valence-corrected chi connectivity index (χ3v) is 7.09. The summed E-state index contributed by atoms with van der Waals surface area (Å²) in [5, 5.41) is 5.18. The molecule has 0 spiro atoms. The van der Waals surface area contributed by atoms with E-state index in [1.807, 2.05) is 36.7 Å². The highest BCUT2D eigenvalue weighted by Crippen LogP contribution is 2.25. The normalized spacial score (nSPS) is 13.9. The van der Waals surface area contributed by atoms with E-state index < -0.39 is 0 Å². The summed E-state index contributed by atoms with van der Waals surface area (Å²) in [6.07, 6.45) is 14.4. The van der Waals surface area contributed by atoms with Gasteiger partial charge in [0.25, 0.3) is 5.56 Å². The van der Waals surface area contributed by atoms with Crippen LogP contribution in [0, 0.1) is 5.92 Å². The molecule has 6 rings (SSSR count). The van der Waals surface area contributed by atoms with Crippen molar-refractivity contribution in [3.63, 3.8) is 0 Å². The SMILES string of the molecule is O=c1c2cnccc2c(Cc2ccccc2)cn1Cc1cn2cc(CNCC3CCC3)ccc2n1. The van der Waals surface area contributed by atoms with E-state index in [4.69, 9.17) is 4.98 Å². The predicted octanol–water partition coefficient (Wildman–Crippen LogP) is 4.57. The Balaban J connectivity index is 1.27. The number of aromatic nitrogens is 4. The molecule has 4 aromatic heterocycles. The average molecular weight is 464 g/mol. The second-order valence-electron chi connectivity index (χ2n) is 9.63. The van der Waals surface area contributed by atoms with Gasteiger partial charge < -0.3 is 14.3 Å². The van der Waals surface area contributed by atoms with Gasteiger partial charge in [-0.25, -0.2) is 4.98 Å². The number of fused-ring (bicyclic) bond motifs is 2. The second-order valence-corrected chi connectivity index (χ2v) is 9.63. The average Bonchev–Trinajstić information content (AvgIpc) is 3.26. The molecule has 0 bridgehead atoms. The molecule has 0 aliphatic heterocycles. The number of hydrogen-bond donors (Lipinski definition) is 1. The topological polar surface area (TPSA) is 64.2 Å². The number of nitrogens with zero attached hydrogens (tertiary/aromatic N) is 4. The van der Waals surface area contributed by atoms with Crippen molar-refractivity contribution in [2.45, 2.75) is 38.8 Å². The summed E-state index contributed by atoms with van der Waals surface area (Å²) in [6, 6.07) is 16.5. The van der Waals surface area contributed by atoms with Gasteiger partial charge in [-0.3, -0.25) is 9.78 Å². The van der Waals surface area contributed by atoms with Crippen molar-refractivity contribution < 1.29 is 0 Å². The Hall–Kier alpha value is -3.77. The largest absolute Gasteiger partial charge is 0.312 e. The maximum Gasteiger partial charge on any atom is 0.260 e. The fourth-order valence-electron chi connectivity index (χ4n) is 4.95. The van der Waals surface area contributed by atoms with Crippen LogP contribution in [-0.2, 0) is 19.5 Å². The van der Waals surface area contributed by atoms with Crippen LogP contribution in [-0.4, -0.2) is 25.5 Å². The summed E-state index contributed by atoms with van der Waals surface area (Å²) >= 11 is 0. The summed E-state index contributed by atoms with van der Waals surface area (Å²) in [4.78, 5) is 22.3. The summed E-state index contributed by atoms with van der Waals surface area (Å²) in [5.41, 5.74) is 5.27. The first kappa shape index (κ1) is 21.7. The number of nitrogens with one attached hydrogen (secondary N) is 1. The zero-order chi connectivity index (χ0) is 23.6. The minimum Gasteiger partial charge on any atom is -0.312 e. The lowest BCUT2D eigenvalue weighted by Crippen LogP contribution is -2.26. The summed E-state index contributed by atoms with van der Waals surface area (Å²) in [5.74, 6) is 0.848. The van der Waals surface area contributed by atoms with Gasteiger partial charge in [-0.15, -0.1) is 0 Å². The minimum atomic E-state index is -0.0390. The van der Waals surface area contributed by atoms with E-state index in [-0.39, 0.29) is 5.56 Å². The Labute approximate surface area is 204 Å². The number of benzene rings is 1. The molecule has 1 N–H and O–H groups in total. The van der Waals surface area contributed by atoms with Gasteiger partial charge in [0, 0.05) is 37.5 Å². The van der Waals surface area contributed by atoms with Crippen molar-refractivity contribution in [2.24, 2.45) is 5.92 Å². The predicted molar refractivity (Wildman–Crippen MR) is 139 cm³/mol. The van der Waals surface area contributed by atoms with Crippen LogP contribution in [0.1, 0.15) is 41.6 Å². The molecule has 1 saturated carbocycles. The van der Waals surface area contributed by atoms with Crippen LogP contribution in [0.15, 0.2) is 84.3 Å². The van der Waals surface area contributed by atoms with Gasteiger partial charge in [0.2, 0.25) is 0 Å². The van der Waals surface area contributed by atoms with E-state index in [1.54, 1.807) is 17.0 Å². The minimum absolute atomic E-state index is 0.0390. The van der Waals surface area contributed by atoms with Crippen LogP contribution >= 0.6 is 0 Å². The molecule has 6 heteroatoms. The molecule has 35 heavy (non-hydrogen) atoms. The van der Waals surface area contributed by atoms with Crippen molar-refractivity contribution in [3.05, 3.63) is 112 Å². The van der Waals surface area contributed by atoms with Crippen molar-refractivity contribution in [1.29, 1.82) is 0 Å². The number of imidazole rings is 1. The molecular weight excluding hydrogens is 434 g/mol. The van der Waals surface area contributed by atoms with Gasteiger partial charge in [-0.1, -0.05) is 42.8 Å². The summed E-state index contributed by atoms with van der Waals surface area (Å²) in [6.45, 7) is 2.38. The lowest BCUT2D eigenvalue weighted by atomic mass is 9.85. The van der Waals surface area contributed by atoms with Gasteiger partial charge in [0.1, 0.15) is 5.65 Å². The zero-order valence-electron chi connectivity index (χ0n) is 19.7. The highest BCUT2D eigenvalue weighted by atomic mass is 16.1. The van der Waals surface area contributed by atoms with Gasteiger partial charge in [-0.2, -0.15) is 0 Å². The van der Waals surface area contributed by atoms with E-state index in [0.29, 0.717) is 11.9 Å². The van der Waals surface area contributed by atoms with E-state index in [2.05, 4.69) is 45.2 Å².